The van der Waals surface area contributed by atoms with Crippen LogP contribution in [0.15, 0.2) is 11.6 Å². The zero-order valence-electron chi connectivity index (χ0n) is 11.8. The Bertz CT molecular complexity index is 323. The van der Waals surface area contributed by atoms with E-state index in [1.165, 1.54) is 44.9 Å². The molecule has 0 saturated heterocycles. The van der Waals surface area contributed by atoms with Crippen LogP contribution in [0.3, 0.4) is 0 Å². The van der Waals surface area contributed by atoms with E-state index in [-0.39, 0.29) is 0 Å². The van der Waals surface area contributed by atoms with Gasteiger partial charge in [0.1, 0.15) is 0 Å². The van der Waals surface area contributed by atoms with E-state index >= 15 is 0 Å². The molecule has 0 aromatic carbocycles. The quantitative estimate of drug-likeness (QED) is 0.504. The molecule has 0 heterocycles. The molecule has 0 bridgehead atoms. The molecule has 0 amide bonds. The molecule has 0 nitrogen and oxygen atoms in total. The molecule has 0 spiro atoms. The van der Waals surface area contributed by atoms with E-state index < -0.39 is 0 Å². The largest absolute Gasteiger partial charge is 0.0847 e. The topological polar surface area (TPSA) is 0 Å². The van der Waals surface area contributed by atoms with E-state index in [2.05, 4.69) is 26.8 Å². The van der Waals surface area contributed by atoms with Crippen LogP contribution in [0.2, 0.25) is 0 Å². The summed E-state index contributed by atoms with van der Waals surface area (Å²) < 4.78 is 0. The molecular formula is C17H28. The maximum absolute atomic E-state index is 2.64. The van der Waals surface area contributed by atoms with Crippen molar-refractivity contribution in [1.82, 2.24) is 0 Å². The van der Waals surface area contributed by atoms with Gasteiger partial charge in [0.05, 0.1) is 0 Å². The third-order valence-corrected chi connectivity index (χ3v) is 5.93. The summed E-state index contributed by atoms with van der Waals surface area (Å²) >= 11 is 0. The zero-order valence-corrected chi connectivity index (χ0v) is 11.8. The smallest absolute Gasteiger partial charge is 0.0167 e. The second-order valence-electron chi connectivity index (χ2n) is 7.72. The molecule has 4 unspecified atom stereocenters. The van der Waals surface area contributed by atoms with Gasteiger partial charge in [-0.25, -0.2) is 0 Å². The summed E-state index contributed by atoms with van der Waals surface area (Å²) in [6, 6.07) is 0. The lowest BCUT2D eigenvalue weighted by molar-refractivity contribution is 0.0878. The van der Waals surface area contributed by atoms with Crippen LogP contribution in [0.5, 0.6) is 0 Å². The third-order valence-electron chi connectivity index (χ3n) is 5.93. The zero-order chi connectivity index (χ0) is 12.0. The molecule has 96 valence electrons. The predicted molar refractivity (Wildman–Crippen MR) is 73.8 cm³/mol. The fourth-order valence-electron chi connectivity index (χ4n) is 4.84. The fraction of sp³-hybridized carbons (Fsp3) is 0.882. The first-order valence-electron chi connectivity index (χ1n) is 7.77. The molecule has 2 fully saturated rings. The van der Waals surface area contributed by atoms with Gasteiger partial charge in [0.25, 0.3) is 0 Å². The van der Waals surface area contributed by atoms with Crippen LogP contribution >= 0.6 is 0 Å². The minimum absolute atomic E-state index is 0.602. The Labute approximate surface area is 107 Å². The van der Waals surface area contributed by atoms with Gasteiger partial charge in [-0.2, -0.15) is 0 Å². The highest BCUT2D eigenvalue weighted by Crippen LogP contribution is 2.54. The number of rotatable bonds is 0. The van der Waals surface area contributed by atoms with Gasteiger partial charge in [0.15, 0.2) is 0 Å². The van der Waals surface area contributed by atoms with Crippen molar-refractivity contribution in [2.45, 2.75) is 65.7 Å². The highest BCUT2D eigenvalue weighted by Gasteiger charge is 2.43. The number of hydrogen-bond acceptors (Lipinski definition) is 0. The summed E-state index contributed by atoms with van der Waals surface area (Å²) in [5, 5.41) is 0. The highest BCUT2D eigenvalue weighted by atomic mass is 14.5. The second kappa shape index (κ2) is 4.14. The summed E-state index contributed by atoms with van der Waals surface area (Å²) in [5.41, 5.74) is 2.50. The van der Waals surface area contributed by atoms with Crippen LogP contribution in [0.4, 0.5) is 0 Å². The minimum atomic E-state index is 0.602. The van der Waals surface area contributed by atoms with Crippen LogP contribution in [0.1, 0.15) is 65.7 Å². The van der Waals surface area contributed by atoms with Gasteiger partial charge >= 0.3 is 0 Å². The lowest BCUT2D eigenvalue weighted by atomic mass is 9.56. The summed E-state index contributed by atoms with van der Waals surface area (Å²) in [7, 11) is 0. The van der Waals surface area contributed by atoms with Gasteiger partial charge in [0.2, 0.25) is 0 Å². The SMILES string of the molecule is CC1CCC=C2C1CCC1CCC(C)(C)CC21. The number of hydrogen-bond donors (Lipinski definition) is 0. The van der Waals surface area contributed by atoms with Crippen molar-refractivity contribution in [2.75, 3.05) is 0 Å². The molecule has 0 N–H and O–H groups in total. The molecule has 17 heavy (non-hydrogen) atoms. The minimum Gasteiger partial charge on any atom is -0.0847 e. The third kappa shape index (κ3) is 2.09. The van der Waals surface area contributed by atoms with E-state index in [1.54, 1.807) is 0 Å². The molecular weight excluding hydrogens is 204 g/mol. The van der Waals surface area contributed by atoms with Crippen LogP contribution < -0.4 is 0 Å². The molecule has 0 heteroatoms. The average molecular weight is 232 g/mol. The van der Waals surface area contributed by atoms with Gasteiger partial charge in [-0.1, -0.05) is 32.4 Å². The number of fused-ring (bicyclic) bond motifs is 3. The van der Waals surface area contributed by atoms with Crippen molar-refractivity contribution >= 4 is 0 Å². The van der Waals surface area contributed by atoms with Gasteiger partial charge in [0, 0.05) is 0 Å². The first kappa shape index (κ1) is 11.8. The Morgan fingerprint density at radius 2 is 1.88 bits per heavy atom. The van der Waals surface area contributed by atoms with Gasteiger partial charge in [-0.15, -0.1) is 0 Å². The maximum atomic E-state index is 2.64. The standard InChI is InChI=1S/C17H28/c1-12-5-4-6-15-14(12)8-7-13-9-10-17(2,3)11-16(13)15/h6,12-14,16H,4-5,7-11H2,1-3H3. The summed E-state index contributed by atoms with van der Waals surface area (Å²) in [4.78, 5) is 0. The fourth-order valence-corrected chi connectivity index (χ4v) is 4.84. The van der Waals surface area contributed by atoms with Crippen LogP contribution in [0.25, 0.3) is 0 Å². The van der Waals surface area contributed by atoms with Crippen LogP contribution in [0, 0.1) is 29.1 Å². The van der Waals surface area contributed by atoms with E-state index in [1.807, 2.05) is 5.57 Å². The first-order valence-corrected chi connectivity index (χ1v) is 7.77. The summed E-state index contributed by atoms with van der Waals surface area (Å²) in [5.74, 6) is 3.91. The molecule has 3 aliphatic rings. The average Bonchev–Trinajstić information content (AvgIpc) is 2.28. The molecule has 2 saturated carbocycles. The Kier molecular flexibility index (Phi) is 2.88. The molecule has 0 radical (unpaired) electrons. The van der Waals surface area contributed by atoms with Crippen molar-refractivity contribution in [2.24, 2.45) is 29.1 Å². The lowest BCUT2D eigenvalue weighted by Gasteiger charge is -2.49. The number of allylic oxidation sites excluding steroid dienone is 2. The van der Waals surface area contributed by atoms with E-state index in [0.717, 1.165) is 23.7 Å². The van der Waals surface area contributed by atoms with Crippen molar-refractivity contribution < 1.29 is 0 Å². The Morgan fingerprint density at radius 3 is 2.71 bits per heavy atom. The summed E-state index contributed by atoms with van der Waals surface area (Å²) in [6.07, 6.45) is 12.9. The van der Waals surface area contributed by atoms with E-state index in [4.69, 9.17) is 0 Å². The maximum Gasteiger partial charge on any atom is -0.0167 e. The highest BCUT2D eigenvalue weighted by molar-refractivity contribution is 5.20. The lowest BCUT2D eigenvalue weighted by Crippen LogP contribution is -2.38. The van der Waals surface area contributed by atoms with Crippen molar-refractivity contribution in [3.8, 4) is 0 Å². The van der Waals surface area contributed by atoms with E-state index in [9.17, 15) is 0 Å². The Hall–Kier alpha value is -0.260. The van der Waals surface area contributed by atoms with Gasteiger partial charge < -0.3 is 0 Å². The first-order chi connectivity index (χ1) is 8.07. The normalized spacial score (nSPS) is 44.5. The summed E-state index contributed by atoms with van der Waals surface area (Å²) in [6.45, 7) is 7.46. The van der Waals surface area contributed by atoms with Crippen molar-refractivity contribution in [3.63, 3.8) is 0 Å². The van der Waals surface area contributed by atoms with Gasteiger partial charge in [-0.05, 0) is 74.0 Å². The van der Waals surface area contributed by atoms with Gasteiger partial charge in [-0.3, -0.25) is 0 Å². The predicted octanol–water partition coefficient (Wildman–Crippen LogP) is 5.20. The van der Waals surface area contributed by atoms with E-state index in [0.29, 0.717) is 5.41 Å². The molecule has 4 atom stereocenters. The molecule has 0 aromatic rings. The molecule has 3 aliphatic carbocycles. The second-order valence-corrected chi connectivity index (χ2v) is 7.72. The Morgan fingerprint density at radius 1 is 1.06 bits per heavy atom. The molecule has 0 aromatic heterocycles. The van der Waals surface area contributed by atoms with Crippen molar-refractivity contribution in [1.29, 1.82) is 0 Å². The molecule has 3 rings (SSSR count). The van der Waals surface area contributed by atoms with Crippen LogP contribution in [-0.4, -0.2) is 0 Å². The van der Waals surface area contributed by atoms with Crippen LogP contribution in [-0.2, 0) is 0 Å². The monoisotopic (exact) mass is 232 g/mol. The molecule has 0 aliphatic heterocycles. The Balaban J connectivity index is 1.86. The van der Waals surface area contributed by atoms with Crippen molar-refractivity contribution in [3.05, 3.63) is 11.6 Å².